The van der Waals surface area contributed by atoms with Gasteiger partial charge in [-0.25, -0.2) is 14.4 Å². The van der Waals surface area contributed by atoms with E-state index in [0.29, 0.717) is 5.76 Å². The molecule has 31 heavy (non-hydrogen) atoms. The van der Waals surface area contributed by atoms with Crippen molar-refractivity contribution in [3.05, 3.63) is 69.4 Å². The van der Waals surface area contributed by atoms with E-state index >= 15 is 0 Å². The minimum atomic E-state index is -1.61. The second-order valence-corrected chi connectivity index (χ2v) is 6.18. The van der Waals surface area contributed by atoms with E-state index < -0.39 is 40.4 Å². The molecule has 5 N–H and O–H groups in total. The van der Waals surface area contributed by atoms with Gasteiger partial charge in [-0.3, -0.25) is 4.79 Å². The Kier molecular flexibility index (Phi) is 5.77. The van der Waals surface area contributed by atoms with E-state index in [0.717, 1.165) is 0 Å². The number of carboxylic acid groups (broad SMARTS) is 2. The van der Waals surface area contributed by atoms with Crippen molar-refractivity contribution in [1.82, 2.24) is 4.98 Å². The van der Waals surface area contributed by atoms with E-state index in [4.69, 9.17) is 14.9 Å². The van der Waals surface area contributed by atoms with Crippen LogP contribution in [0.5, 0.6) is 5.75 Å². The lowest BCUT2D eigenvalue weighted by atomic mass is 9.95. The van der Waals surface area contributed by atoms with Crippen molar-refractivity contribution in [2.24, 2.45) is 0 Å². The van der Waals surface area contributed by atoms with Crippen LogP contribution in [-0.2, 0) is 11.3 Å². The normalized spacial score (nSPS) is 10.5. The fraction of sp³-hybridized carbons (Fsp3) is 0.100. The molecule has 0 atom stereocenters. The number of nitrogen functional groups attached to an aromatic ring is 1. The molecule has 0 saturated heterocycles. The zero-order chi connectivity index (χ0) is 22.7. The highest BCUT2D eigenvalue weighted by Crippen LogP contribution is 2.31. The lowest BCUT2D eigenvalue weighted by Gasteiger charge is -2.13. The fourth-order valence-electron chi connectivity index (χ4n) is 2.90. The summed E-state index contributed by atoms with van der Waals surface area (Å²) in [5.74, 6) is -3.73. The number of carbonyl (C=O) groups is 3. The number of aromatic amines is 1. The molecule has 0 unspecified atom stereocenters. The van der Waals surface area contributed by atoms with Crippen molar-refractivity contribution in [2.75, 3.05) is 12.8 Å². The van der Waals surface area contributed by atoms with Crippen molar-refractivity contribution in [3.63, 3.8) is 0 Å². The predicted molar refractivity (Wildman–Crippen MR) is 105 cm³/mol. The number of nitrogens with one attached hydrogen (secondary N) is 1. The first-order valence-corrected chi connectivity index (χ1v) is 8.65. The topological polar surface area (TPSA) is 182 Å². The number of carbonyl (C=O) groups excluding carboxylic acids is 1. The van der Waals surface area contributed by atoms with Crippen molar-refractivity contribution >= 4 is 23.7 Å². The average molecular weight is 428 g/mol. The molecular weight excluding hydrogens is 412 g/mol. The molecule has 0 spiro atoms. The molecule has 0 amide bonds. The number of methoxy groups -OCH3 is 1. The van der Waals surface area contributed by atoms with Gasteiger partial charge >= 0.3 is 17.9 Å². The fourth-order valence-corrected chi connectivity index (χ4v) is 2.90. The lowest BCUT2D eigenvalue weighted by molar-refractivity contribution is 0.0559. The summed E-state index contributed by atoms with van der Waals surface area (Å²) in [6, 6.07) is 8.72. The van der Waals surface area contributed by atoms with Crippen molar-refractivity contribution in [1.29, 1.82) is 0 Å². The number of nitrogens with two attached hydrogens (primary N) is 1. The van der Waals surface area contributed by atoms with Crippen LogP contribution in [-0.4, -0.2) is 40.2 Å². The van der Waals surface area contributed by atoms with Crippen LogP contribution in [0.4, 0.5) is 5.82 Å². The minimum Gasteiger partial charge on any atom is -0.486 e. The number of rotatable bonds is 7. The van der Waals surface area contributed by atoms with Gasteiger partial charge in [0.2, 0.25) is 5.76 Å². The largest absolute Gasteiger partial charge is 0.486 e. The van der Waals surface area contributed by atoms with Crippen LogP contribution in [0.1, 0.15) is 37.0 Å². The molecule has 0 fully saturated rings. The molecule has 1 aromatic carbocycles. The summed E-state index contributed by atoms with van der Waals surface area (Å²) in [7, 11) is 1.21. The Balaban J connectivity index is 1.99. The summed E-state index contributed by atoms with van der Waals surface area (Å²) < 4.78 is 15.4. The number of furan rings is 1. The molecule has 0 aliphatic rings. The number of aromatic carboxylic acids is 2. The van der Waals surface area contributed by atoms with Gasteiger partial charge in [0.1, 0.15) is 35.1 Å². The minimum absolute atomic E-state index is 0.00830. The van der Waals surface area contributed by atoms with Gasteiger partial charge in [-0.15, -0.1) is 0 Å². The summed E-state index contributed by atoms with van der Waals surface area (Å²) >= 11 is 0. The Bertz CT molecular complexity index is 1240. The van der Waals surface area contributed by atoms with Crippen molar-refractivity contribution in [3.8, 4) is 16.9 Å². The maximum absolute atomic E-state index is 12.1. The summed E-state index contributed by atoms with van der Waals surface area (Å²) in [5, 5.41) is 19.0. The standard InChI is InChI=1S/C20H16N2O9/c1-29-20(28)12-6-5-11(31-12)8-30-10-4-2-3-9(7-10)13-14(18(24)25)16(21)22-17(23)15(13)19(26)27/h2-7H,8H2,1H3,(H,24,25)(H,26,27)(H3,21,22,23). The summed E-state index contributed by atoms with van der Waals surface area (Å²) in [6.07, 6.45) is 0. The zero-order valence-electron chi connectivity index (χ0n) is 16.0. The second-order valence-electron chi connectivity index (χ2n) is 6.18. The van der Waals surface area contributed by atoms with Gasteiger partial charge < -0.3 is 34.8 Å². The number of aromatic nitrogens is 1. The smallest absolute Gasteiger partial charge is 0.373 e. The van der Waals surface area contributed by atoms with Gasteiger partial charge in [0.25, 0.3) is 5.56 Å². The molecule has 3 aromatic rings. The van der Waals surface area contributed by atoms with Crippen molar-refractivity contribution in [2.45, 2.75) is 6.61 Å². The van der Waals surface area contributed by atoms with Gasteiger partial charge in [-0.05, 0) is 29.8 Å². The summed E-state index contributed by atoms with van der Waals surface area (Å²) in [4.78, 5) is 49.0. The van der Waals surface area contributed by atoms with E-state index in [1.807, 2.05) is 4.98 Å². The number of pyridine rings is 1. The van der Waals surface area contributed by atoms with Crippen LogP contribution in [0.15, 0.2) is 45.6 Å². The van der Waals surface area contributed by atoms with Crippen LogP contribution in [0.2, 0.25) is 0 Å². The van der Waals surface area contributed by atoms with Crippen LogP contribution >= 0.6 is 0 Å². The highest BCUT2D eigenvalue weighted by Gasteiger charge is 2.26. The van der Waals surface area contributed by atoms with Gasteiger partial charge in [0.15, 0.2) is 0 Å². The number of benzene rings is 1. The van der Waals surface area contributed by atoms with Gasteiger partial charge in [-0.1, -0.05) is 12.1 Å². The Labute approximate surface area is 173 Å². The average Bonchev–Trinajstić information content (AvgIpc) is 3.19. The molecule has 0 bridgehead atoms. The van der Waals surface area contributed by atoms with Gasteiger partial charge in [0.05, 0.1) is 7.11 Å². The Morgan fingerprint density at radius 3 is 2.45 bits per heavy atom. The maximum atomic E-state index is 12.1. The van der Waals surface area contributed by atoms with E-state index in [-0.39, 0.29) is 29.2 Å². The molecule has 2 heterocycles. The Hall–Kier alpha value is -4.54. The first-order valence-electron chi connectivity index (χ1n) is 8.65. The van der Waals surface area contributed by atoms with Crippen LogP contribution in [0.3, 0.4) is 0 Å². The third kappa shape index (κ3) is 4.24. The van der Waals surface area contributed by atoms with E-state index in [1.165, 1.54) is 43.5 Å². The molecule has 11 nitrogen and oxygen atoms in total. The number of carboxylic acids is 2. The number of esters is 1. The number of hydrogen-bond donors (Lipinski definition) is 4. The quantitative estimate of drug-likeness (QED) is 0.406. The van der Waals surface area contributed by atoms with Crippen LogP contribution < -0.4 is 16.0 Å². The third-order valence-electron chi connectivity index (χ3n) is 4.22. The second kappa shape index (κ2) is 8.45. The van der Waals surface area contributed by atoms with E-state index in [1.54, 1.807) is 0 Å². The Morgan fingerprint density at radius 1 is 1.10 bits per heavy atom. The van der Waals surface area contributed by atoms with E-state index in [9.17, 15) is 29.4 Å². The summed E-state index contributed by atoms with van der Waals surface area (Å²) in [5.41, 5.74) is 3.02. The monoisotopic (exact) mass is 428 g/mol. The zero-order valence-corrected chi connectivity index (χ0v) is 16.0. The molecule has 0 saturated carbocycles. The molecule has 0 aliphatic carbocycles. The maximum Gasteiger partial charge on any atom is 0.373 e. The first-order chi connectivity index (χ1) is 14.7. The highest BCUT2D eigenvalue weighted by molar-refractivity contribution is 6.07. The molecule has 0 aliphatic heterocycles. The molecule has 2 aromatic heterocycles. The molecule has 160 valence electrons. The van der Waals surface area contributed by atoms with Crippen LogP contribution in [0, 0.1) is 0 Å². The van der Waals surface area contributed by atoms with Gasteiger partial charge in [-0.2, -0.15) is 0 Å². The molecule has 0 radical (unpaired) electrons. The third-order valence-corrected chi connectivity index (χ3v) is 4.22. The SMILES string of the molecule is COC(=O)c1ccc(COc2cccc(-c3c(C(=O)O)c(N)[nH]c(=O)c3C(=O)O)c2)o1. The van der Waals surface area contributed by atoms with E-state index in [2.05, 4.69) is 4.74 Å². The number of H-pyrrole nitrogens is 1. The number of anilines is 1. The molecule has 11 heteroatoms. The Morgan fingerprint density at radius 2 is 1.81 bits per heavy atom. The number of hydrogen-bond acceptors (Lipinski definition) is 8. The van der Waals surface area contributed by atoms with Crippen molar-refractivity contribution < 1.29 is 38.5 Å². The molecular formula is C20H16N2O9. The predicted octanol–water partition coefficient (Wildman–Crippen LogP) is 1.98. The first kappa shape index (κ1) is 21.2. The lowest BCUT2D eigenvalue weighted by Crippen LogP contribution is -2.24. The van der Waals surface area contributed by atoms with Crippen LogP contribution in [0.25, 0.3) is 11.1 Å². The molecule has 3 rings (SSSR count). The highest BCUT2D eigenvalue weighted by atomic mass is 16.5. The van der Waals surface area contributed by atoms with Gasteiger partial charge in [0, 0.05) is 5.56 Å². The number of ether oxygens (including phenoxy) is 2. The summed E-state index contributed by atoms with van der Waals surface area (Å²) in [6.45, 7) is -0.0878.